The molecule has 1 heterocycles. The van der Waals surface area contributed by atoms with Crippen LogP contribution < -0.4 is 5.32 Å². The van der Waals surface area contributed by atoms with Crippen molar-refractivity contribution < 1.29 is 14.5 Å². The van der Waals surface area contributed by atoms with Crippen LogP contribution in [0.4, 0.5) is 16.2 Å². The number of ether oxygens (including phenoxy) is 1. The Morgan fingerprint density at radius 3 is 2.64 bits per heavy atom. The first-order valence-corrected chi connectivity index (χ1v) is 10.1. The fourth-order valence-electron chi connectivity index (χ4n) is 3.28. The topological polar surface area (TPSA) is 88.0 Å². The first kappa shape index (κ1) is 21.9. The van der Waals surface area contributed by atoms with Crippen molar-refractivity contribution in [3.8, 4) is 0 Å². The van der Waals surface area contributed by atoms with Crippen LogP contribution in [0.1, 0.15) is 39.5 Å². The van der Waals surface area contributed by atoms with E-state index < -0.39 is 4.92 Å². The molecule has 2 rings (SSSR count). The van der Waals surface area contributed by atoms with Gasteiger partial charge in [-0.3, -0.25) is 10.1 Å². The number of piperidine rings is 1. The molecule has 1 fully saturated rings. The van der Waals surface area contributed by atoms with Gasteiger partial charge in [0.25, 0.3) is 5.69 Å². The predicted octanol–water partition coefficient (Wildman–Crippen LogP) is 4.01. The van der Waals surface area contributed by atoms with E-state index >= 15 is 0 Å². The van der Waals surface area contributed by atoms with Gasteiger partial charge in [0.1, 0.15) is 5.69 Å². The summed E-state index contributed by atoms with van der Waals surface area (Å²) in [6.07, 6.45) is 3.27. The number of hydrogen-bond acceptors (Lipinski definition) is 5. The van der Waals surface area contributed by atoms with Crippen LogP contribution in [0.5, 0.6) is 0 Å². The van der Waals surface area contributed by atoms with Crippen LogP contribution in [0.25, 0.3) is 0 Å². The highest BCUT2D eigenvalue weighted by atomic mass is 32.1. The Labute approximate surface area is 171 Å². The summed E-state index contributed by atoms with van der Waals surface area (Å²) in [6.45, 7) is 6.27. The number of likely N-dealkylation sites (tertiary alicyclic amines) is 1. The third-order valence-electron chi connectivity index (χ3n) is 4.79. The summed E-state index contributed by atoms with van der Waals surface area (Å²) < 4.78 is 5.08. The van der Waals surface area contributed by atoms with Gasteiger partial charge in [0.15, 0.2) is 5.11 Å². The van der Waals surface area contributed by atoms with Crippen molar-refractivity contribution in [2.75, 3.05) is 31.6 Å². The van der Waals surface area contributed by atoms with Gasteiger partial charge in [0.05, 0.1) is 11.5 Å². The molecule has 0 aliphatic carbocycles. The minimum atomic E-state index is -0.418. The zero-order valence-electron chi connectivity index (χ0n) is 16.4. The number of hydrogen-bond donors (Lipinski definition) is 1. The van der Waals surface area contributed by atoms with Gasteiger partial charge < -0.3 is 19.9 Å². The van der Waals surface area contributed by atoms with Crippen molar-refractivity contribution in [2.24, 2.45) is 0 Å². The molecule has 0 atom stereocenters. The van der Waals surface area contributed by atoms with E-state index in [1.54, 1.807) is 30.0 Å². The number of anilines is 1. The molecule has 1 amide bonds. The summed E-state index contributed by atoms with van der Waals surface area (Å²) in [6, 6.07) is 6.67. The zero-order valence-corrected chi connectivity index (χ0v) is 17.2. The van der Waals surface area contributed by atoms with Crippen molar-refractivity contribution >= 4 is 34.8 Å². The van der Waals surface area contributed by atoms with E-state index in [2.05, 4.69) is 17.1 Å². The number of nitro benzene ring substituents is 1. The number of nitrogens with zero attached hydrogens (tertiary/aromatic N) is 3. The molecule has 0 bridgehead atoms. The molecule has 0 radical (unpaired) electrons. The van der Waals surface area contributed by atoms with Crippen molar-refractivity contribution in [3.63, 3.8) is 0 Å². The van der Waals surface area contributed by atoms with Crippen LogP contribution in [0.2, 0.25) is 0 Å². The van der Waals surface area contributed by atoms with E-state index in [4.69, 9.17) is 17.0 Å². The highest BCUT2D eigenvalue weighted by Gasteiger charge is 2.29. The molecule has 154 valence electrons. The maximum absolute atomic E-state index is 11.9. The molecular weight excluding hydrogens is 380 g/mol. The molecule has 0 saturated carbocycles. The largest absolute Gasteiger partial charge is 0.450 e. The van der Waals surface area contributed by atoms with Gasteiger partial charge in [-0.1, -0.05) is 25.5 Å². The number of unbranched alkanes of at least 4 members (excludes halogenated alkanes) is 1. The fourth-order valence-corrected chi connectivity index (χ4v) is 3.63. The molecular formula is C19H28N4O4S. The number of rotatable bonds is 7. The minimum absolute atomic E-state index is 0.00239. The van der Waals surface area contributed by atoms with Crippen LogP contribution >= 0.6 is 12.2 Å². The van der Waals surface area contributed by atoms with Crippen LogP contribution in [-0.2, 0) is 4.74 Å². The molecule has 1 N–H and O–H groups in total. The quantitative estimate of drug-likeness (QED) is 0.414. The van der Waals surface area contributed by atoms with Gasteiger partial charge in [-0.25, -0.2) is 4.79 Å². The van der Waals surface area contributed by atoms with Crippen molar-refractivity contribution in [1.29, 1.82) is 0 Å². The molecule has 0 unspecified atom stereocenters. The number of carbonyl (C=O) groups is 1. The average Bonchev–Trinajstić information content (AvgIpc) is 2.69. The van der Waals surface area contributed by atoms with Gasteiger partial charge in [-0.05, 0) is 44.5 Å². The Kier molecular flexibility index (Phi) is 8.43. The monoisotopic (exact) mass is 408 g/mol. The lowest BCUT2D eigenvalue weighted by Crippen LogP contribution is -2.50. The number of thiocarbonyl (C=S) groups is 1. The van der Waals surface area contributed by atoms with Gasteiger partial charge in [-0.2, -0.15) is 0 Å². The highest BCUT2D eigenvalue weighted by molar-refractivity contribution is 7.80. The standard InChI is InChI=1S/C19H28N4O4S/c1-3-5-12-22(15-10-13-21(14-11-15)19(24)27-4-2)18(28)20-16-8-6-7-9-17(16)23(25)26/h6-9,15H,3-5,10-14H2,1-2H3,(H,20,28). The van der Waals surface area contributed by atoms with Gasteiger partial charge in [0, 0.05) is 31.7 Å². The molecule has 8 nitrogen and oxygen atoms in total. The van der Waals surface area contributed by atoms with E-state index in [1.807, 2.05) is 0 Å². The number of nitrogens with one attached hydrogen (secondary N) is 1. The second-order valence-electron chi connectivity index (χ2n) is 6.67. The summed E-state index contributed by atoms with van der Waals surface area (Å²) in [5.74, 6) is 0. The highest BCUT2D eigenvalue weighted by Crippen LogP contribution is 2.25. The number of benzene rings is 1. The molecule has 1 aliphatic heterocycles. The SMILES string of the molecule is CCCCN(C(=S)Nc1ccccc1[N+](=O)[O-])C1CCN(C(=O)OCC)CC1. The number of nitro groups is 1. The molecule has 28 heavy (non-hydrogen) atoms. The van der Waals surface area contributed by atoms with Gasteiger partial charge >= 0.3 is 6.09 Å². The maximum Gasteiger partial charge on any atom is 0.409 e. The second-order valence-corrected chi connectivity index (χ2v) is 7.06. The molecule has 1 aliphatic rings. The molecule has 0 spiro atoms. The number of carbonyl (C=O) groups excluding carboxylic acids is 1. The first-order valence-electron chi connectivity index (χ1n) is 9.70. The summed E-state index contributed by atoms with van der Waals surface area (Å²) >= 11 is 5.61. The molecule has 1 aromatic rings. The van der Waals surface area contributed by atoms with Gasteiger partial charge in [-0.15, -0.1) is 0 Å². The molecule has 0 aromatic heterocycles. The number of amides is 1. The van der Waals surface area contributed by atoms with E-state index in [9.17, 15) is 14.9 Å². The Balaban J connectivity index is 2.06. The Morgan fingerprint density at radius 2 is 2.04 bits per heavy atom. The second kappa shape index (κ2) is 10.8. The third kappa shape index (κ3) is 5.79. The Bertz CT molecular complexity index is 692. The summed E-state index contributed by atoms with van der Waals surface area (Å²) in [4.78, 5) is 26.6. The van der Waals surface area contributed by atoms with Crippen molar-refractivity contribution in [1.82, 2.24) is 9.80 Å². The molecule has 1 aromatic carbocycles. The normalized spacial score (nSPS) is 14.4. The third-order valence-corrected chi connectivity index (χ3v) is 5.12. The molecule has 1 saturated heterocycles. The van der Waals surface area contributed by atoms with Crippen molar-refractivity contribution in [2.45, 2.75) is 45.6 Å². The lowest BCUT2D eigenvalue weighted by atomic mass is 10.0. The summed E-state index contributed by atoms with van der Waals surface area (Å²) in [7, 11) is 0. The Hall–Kier alpha value is -2.42. The van der Waals surface area contributed by atoms with Crippen molar-refractivity contribution in [3.05, 3.63) is 34.4 Å². The predicted molar refractivity (Wildman–Crippen MR) is 113 cm³/mol. The van der Waals surface area contributed by atoms with E-state index in [-0.39, 0.29) is 17.8 Å². The minimum Gasteiger partial charge on any atom is -0.450 e. The summed E-state index contributed by atoms with van der Waals surface area (Å²) in [5, 5.41) is 14.8. The Morgan fingerprint density at radius 1 is 1.36 bits per heavy atom. The van der Waals surface area contributed by atoms with E-state index in [1.165, 1.54) is 6.07 Å². The summed E-state index contributed by atoms with van der Waals surface area (Å²) in [5.41, 5.74) is 0.389. The van der Waals surface area contributed by atoms with Crippen LogP contribution in [0, 0.1) is 10.1 Å². The average molecular weight is 409 g/mol. The first-order chi connectivity index (χ1) is 13.5. The fraction of sp³-hybridized carbons (Fsp3) is 0.579. The smallest absolute Gasteiger partial charge is 0.409 e. The lowest BCUT2D eigenvalue weighted by Gasteiger charge is -2.39. The van der Waals surface area contributed by atoms with Crippen LogP contribution in [-0.4, -0.2) is 58.2 Å². The number of para-hydroxylation sites is 2. The molecule has 9 heteroatoms. The van der Waals surface area contributed by atoms with E-state index in [0.29, 0.717) is 30.5 Å². The van der Waals surface area contributed by atoms with Gasteiger partial charge in [0.2, 0.25) is 0 Å². The zero-order chi connectivity index (χ0) is 20.5. The van der Waals surface area contributed by atoms with E-state index in [0.717, 1.165) is 32.2 Å². The van der Waals surface area contributed by atoms with Crippen LogP contribution in [0.15, 0.2) is 24.3 Å². The maximum atomic E-state index is 11.9. The lowest BCUT2D eigenvalue weighted by molar-refractivity contribution is -0.383. The van der Waals surface area contributed by atoms with Crippen LogP contribution in [0.3, 0.4) is 0 Å².